The molecule has 7 N–H and O–H groups in total. The molecular formula is C19H21N5O6S. The molecule has 3 rings (SSSR count). The molecule has 11 nitrogen and oxygen atoms in total. The summed E-state index contributed by atoms with van der Waals surface area (Å²) in [5.41, 5.74) is 6.49. The maximum Gasteiger partial charge on any atom is 0.326 e. The molecular weight excluding hydrogens is 426 g/mol. The number of thiophene rings is 1. The molecule has 164 valence electrons. The van der Waals surface area contributed by atoms with E-state index in [2.05, 4.69) is 20.3 Å². The van der Waals surface area contributed by atoms with Crippen LogP contribution in [-0.2, 0) is 22.4 Å². The van der Waals surface area contributed by atoms with E-state index in [9.17, 15) is 19.2 Å². The van der Waals surface area contributed by atoms with E-state index >= 15 is 0 Å². The monoisotopic (exact) mass is 447 g/mol. The molecule has 1 atom stereocenters. The first-order valence-corrected chi connectivity index (χ1v) is 10.3. The Balaban J connectivity index is 1.57. The van der Waals surface area contributed by atoms with Gasteiger partial charge in [-0.3, -0.25) is 19.4 Å². The number of fused-ring (bicyclic) bond motifs is 1. The quantitative estimate of drug-likeness (QED) is 0.266. The molecule has 3 aromatic rings. The Morgan fingerprint density at radius 2 is 2.00 bits per heavy atom. The summed E-state index contributed by atoms with van der Waals surface area (Å²) >= 11 is 1.24. The molecule has 1 amide bonds. The molecule has 0 spiro atoms. The Kier molecular flexibility index (Phi) is 6.70. The number of rotatable bonds is 10. The zero-order valence-corrected chi connectivity index (χ0v) is 17.1. The van der Waals surface area contributed by atoms with Crippen molar-refractivity contribution < 1.29 is 24.6 Å². The Morgan fingerprint density at radius 1 is 1.23 bits per heavy atom. The van der Waals surface area contributed by atoms with Crippen LogP contribution >= 0.6 is 11.3 Å². The van der Waals surface area contributed by atoms with Crippen molar-refractivity contribution in [3.63, 3.8) is 0 Å². The van der Waals surface area contributed by atoms with E-state index in [-0.39, 0.29) is 24.3 Å². The summed E-state index contributed by atoms with van der Waals surface area (Å²) in [4.78, 5) is 57.0. The van der Waals surface area contributed by atoms with E-state index in [1.165, 1.54) is 11.3 Å². The highest BCUT2D eigenvalue weighted by atomic mass is 32.1. The van der Waals surface area contributed by atoms with Crippen molar-refractivity contribution in [1.82, 2.24) is 20.3 Å². The number of carboxylic acid groups (broad SMARTS) is 2. The van der Waals surface area contributed by atoms with Gasteiger partial charge in [0.05, 0.1) is 10.3 Å². The van der Waals surface area contributed by atoms with Crippen LogP contribution in [0.2, 0.25) is 0 Å². The van der Waals surface area contributed by atoms with Crippen LogP contribution in [0.5, 0.6) is 0 Å². The van der Waals surface area contributed by atoms with E-state index in [0.29, 0.717) is 35.2 Å². The lowest BCUT2D eigenvalue weighted by atomic mass is 10.1. The fraction of sp³-hybridized carbons (Fsp3) is 0.316. The van der Waals surface area contributed by atoms with Crippen LogP contribution in [0.15, 0.2) is 23.1 Å². The first kappa shape index (κ1) is 22.0. The molecule has 0 saturated heterocycles. The summed E-state index contributed by atoms with van der Waals surface area (Å²) in [6.07, 6.45) is 3.17. The predicted octanol–water partition coefficient (Wildman–Crippen LogP) is 1.12. The van der Waals surface area contributed by atoms with Crippen molar-refractivity contribution in [2.75, 3.05) is 5.73 Å². The molecule has 0 fully saturated rings. The molecule has 0 aliphatic carbocycles. The van der Waals surface area contributed by atoms with Gasteiger partial charge in [-0.05, 0) is 43.4 Å². The van der Waals surface area contributed by atoms with Gasteiger partial charge in [0.25, 0.3) is 11.5 Å². The molecule has 0 saturated carbocycles. The van der Waals surface area contributed by atoms with Gasteiger partial charge in [0.1, 0.15) is 11.7 Å². The van der Waals surface area contributed by atoms with E-state index in [1.54, 1.807) is 18.3 Å². The third kappa shape index (κ3) is 5.48. The van der Waals surface area contributed by atoms with E-state index in [1.807, 2.05) is 0 Å². The third-order valence-corrected chi connectivity index (χ3v) is 5.79. The molecule has 31 heavy (non-hydrogen) atoms. The van der Waals surface area contributed by atoms with E-state index < -0.39 is 23.9 Å². The predicted molar refractivity (Wildman–Crippen MR) is 113 cm³/mol. The number of aryl methyl sites for hydroxylation is 2. The molecule has 0 radical (unpaired) electrons. The number of aliphatic carboxylic acids is 2. The minimum Gasteiger partial charge on any atom is -0.481 e. The number of carboxylic acids is 2. The van der Waals surface area contributed by atoms with Crippen LogP contribution in [-0.4, -0.2) is 49.1 Å². The van der Waals surface area contributed by atoms with Gasteiger partial charge >= 0.3 is 11.9 Å². The number of amides is 1. The number of anilines is 1. The lowest BCUT2D eigenvalue weighted by Crippen LogP contribution is -2.40. The summed E-state index contributed by atoms with van der Waals surface area (Å²) < 4.78 is 0. The van der Waals surface area contributed by atoms with Crippen molar-refractivity contribution in [2.24, 2.45) is 0 Å². The summed E-state index contributed by atoms with van der Waals surface area (Å²) in [5.74, 6) is -2.92. The Labute approximate surface area is 179 Å². The second kappa shape index (κ2) is 9.43. The maximum absolute atomic E-state index is 12.3. The van der Waals surface area contributed by atoms with Crippen LogP contribution in [0.1, 0.15) is 39.4 Å². The number of nitrogens with two attached hydrogens (primary N) is 1. The van der Waals surface area contributed by atoms with Gasteiger partial charge in [0.15, 0.2) is 0 Å². The van der Waals surface area contributed by atoms with Crippen molar-refractivity contribution in [3.05, 3.63) is 44.0 Å². The van der Waals surface area contributed by atoms with E-state index in [4.69, 9.17) is 15.9 Å². The molecule has 3 heterocycles. The highest BCUT2D eigenvalue weighted by Crippen LogP contribution is 2.21. The Morgan fingerprint density at radius 3 is 2.71 bits per heavy atom. The van der Waals surface area contributed by atoms with Gasteiger partial charge in [0, 0.05) is 17.5 Å². The number of aromatic amines is 2. The fourth-order valence-corrected chi connectivity index (χ4v) is 4.11. The molecule has 0 unspecified atom stereocenters. The molecule has 3 aromatic heterocycles. The first-order chi connectivity index (χ1) is 14.7. The number of nitrogens with one attached hydrogen (secondary N) is 3. The van der Waals surface area contributed by atoms with Gasteiger partial charge < -0.3 is 26.2 Å². The first-order valence-electron chi connectivity index (χ1n) is 9.44. The second-order valence-electron chi connectivity index (χ2n) is 6.90. The minimum absolute atomic E-state index is 0.0448. The lowest BCUT2D eigenvalue weighted by Gasteiger charge is -2.12. The average Bonchev–Trinajstić information content (AvgIpc) is 3.32. The van der Waals surface area contributed by atoms with Crippen LogP contribution in [0.3, 0.4) is 0 Å². The Bertz CT molecular complexity index is 1180. The molecule has 0 aromatic carbocycles. The smallest absolute Gasteiger partial charge is 0.326 e. The summed E-state index contributed by atoms with van der Waals surface area (Å²) in [6.45, 7) is 0. The fourth-order valence-electron chi connectivity index (χ4n) is 3.16. The number of H-pyrrole nitrogens is 2. The third-order valence-electron chi connectivity index (χ3n) is 4.65. The second-order valence-corrected chi connectivity index (χ2v) is 8.07. The summed E-state index contributed by atoms with van der Waals surface area (Å²) in [5, 5.41) is 20.7. The highest BCUT2D eigenvalue weighted by molar-refractivity contribution is 7.14. The van der Waals surface area contributed by atoms with Gasteiger partial charge in [-0.15, -0.1) is 11.3 Å². The van der Waals surface area contributed by atoms with Crippen LogP contribution in [0.4, 0.5) is 5.95 Å². The van der Waals surface area contributed by atoms with Crippen molar-refractivity contribution in [3.8, 4) is 0 Å². The lowest BCUT2D eigenvalue weighted by molar-refractivity contribution is -0.140. The Hall–Kier alpha value is -3.67. The van der Waals surface area contributed by atoms with Crippen LogP contribution in [0, 0.1) is 0 Å². The summed E-state index contributed by atoms with van der Waals surface area (Å²) in [7, 11) is 0. The van der Waals surface area contributed by atoms with E-state index in [0.717, 1.165) is 10.4 Å². The molecule has 0 aliphatic rings. The largest absolute Gasteiger partial charge is 0.481 e. The number of aromatic nitrogens is 3. The van der Waals surface area contributed by atoms with Crippen molar-refractivity contribution in [1.29, 1.82) is 0 Å². The number of nitrogen functional groups attached to an aromatic ring is 1. The van der Waals surface area contributed by atoms with Crippen LogP contribution in [0.25, 0.3) is 11.0 Å². The number of carbonyl (C=O) groups is 3. The number of hydrogen-bond acceptors (Lipinski definition) is 7. The average molecular weight is 447 g/mol. The summed E-state index contributed by atoms with van der Waals surface area (Å²) in [6, 6.07) is 2.13. The van der Waals surface area contributed by atoms with Crippen molar-refractivity contribution >= 4 is 46.2 Å². The molecule has 12 heteroatoms. The van der Waals surface area contributed by atoms with Gasteiger partial charge in [-0.25, -0.2) is 4.79 Å². The van der Waals surface area contributed by atoms with Gasteiger partial charge in [-0.2, -0.15) is 4.98 Å². The SMILES string of the molecule is Nc1nc2[nH]cc(CCCc3ccc(C(=O)N[C@@H](CCC(=O)O)C(=O)O)s3)c2c(=O)[nH]1. The van der Waals surface area contributed by atoms with Gasteiger partial charge in [-0.1, -0.05) is 0 Å². The zero-order valence-electron chi connectivity index (χ0n) is 16.3. The minimum atomic E-state index is -1.28. The standard InChI is InChI=1S/C19H21N5O6S/c20-19-23-15-14(17(28)24-19)9(8-21-15)2-1-3-10-4-6-12(31-10)16(27)22-11(18(29)30)5-7-13(25)26/h4,6,8,11H,1-3,5,7H2,(H,22,27)(H,25,26)(H,29,30)(H4,20,21,23,24,28)/t11-/m0/s1. The normalized spacial score (nSPS) is 12.0. The molecule has 0 bridgehead atoms. The van der Waals surface area contributed by atoms with Gasteiger partial charge in [0.2, 0.25) is 5.95 Å². The van der Waals surface area contributed by atoms with Crippen LogP contribution < -0.4 is 16.6 Å². The van der Waals surface area contributed by atoms with Crippen molar-refractivity contribution in [2.45, 2.75) is 38.1 Å². The topological polar surface area (TPSA) is 191 Å². The number of nitrogens with zero attached hydrogens (tertiary/aromatic N) is 1. The number of carbonyl (C=O) groups excluding carboxylic acids is 1. The zero-order chi connectivity index (χ0) is 22.5. The highest BCUT2D eigenvalue weighted by Gasteiger charge is 2.22. The molecule has 0 aliphatic heterocycles. The number of hydrogen-bond donors (Lipinski definition) is 6. The maximum atomic E-state index is 12.3.